The summed E-state index contributed by atoms with van der Waals surface area (Å²) in [6.07, 6.45) is 7.41. The van der Waals surface area contributed by atoms with Crippen molar-refractivity contribution < 1.29 is 4.74 Å². The van der Waals surface area contributed by atoms with Crippen molar-refractivity contribution in [2.45, 2.75) is 26.2 Å². The molecule has 0 spiro atoms. The molecule has 0 atom stereocenters. The molecule has 1 aromatic rings. The van der Waals surface area contributed by atoms with Crippen LogP contribution in [0.5, 0.6) is 5.75 Å². The fourth-order valence-electron chi connectivity index (χ4n) is 1.63. The molecule has 0 radical (unpaired) electrons. The van der Waals surface area contributed by atoms with E-state index in [2.05, 4.69) is 31.2 Å². The molecule has 2 nitrogen and oxygen atoms in total. The van der Waals surface area contributed by atoms with Crippen LogP contribution in [0.2, 0.25) is 0 Å². The van der Waals surface area contributed by atoms with Gasteiger partial charge in [0.05, 0.1) is 7.11 Å². The lowest BCUT2D eigenvalue weighted by Gasteiger charge is -2.07. The SMILES string of the molecule is CCc1cc(/C=C/CCCN)ccc1OC. The standard InChI is InChI=1S/C14H21NO/c1-3-13-11-12(7-5-4-6-10-15)8-9-14(13)16-2/h5,7-9,11H,3-4,6,10,15H2,1-2H3/b7-5+. The molecule has 16 heavy (non-hydrogen) atoms. The number of ether oxygens (including phenoxy) is 1. The van der Waals surface area contributed by atoms with Crippen molar-refractivity contribution in [1.29, 1.82) is 0 Å². The molecule has 1 aromatic carbocycles. The summed E-state index contributed by atoms with van der Waals surface area (Å²) in [6, 6.07) is 6.29. The summed E-state index contributed by atoms with van der Waals surface area (Å²) in [5.74, 6) is 0.974. The highest BCUT2D eigenvalue weighted by atomic mass is 16.5. The Bertz CT molecular complexity index is 345. The van der Waals surface area contributed by atoms with Crippen molar-refractivity contribution in [2.75, 3.05) is 13.7 Å². The maximum Gasteiger partial charge on any atom is 0.122 e. The third kappa shape index (κ3) is 3.70. The number of aryl methyl sites for hydroxylation is 1. The number of hydrogen-bond donors (Lipinski definition) is 1. The number of methoxy groups -OCH3 is 1. The van der Waals surface area contributed by atoms with Crippen LogP contribution in [0.25, 0.3) is 6.08 Å². The van der Waals surface area contributed by atoms with Crippen molar-refractivity contribution in [1.82, 2.24) is 0 Å². The first-order valence-corrected chi connectivity index (χ1v) is 5.85. The van der Waals surface area contributed by atoms with E-state index in [1.807, 2.05) is 6.07 Å². The lowest BCUT2D eigenvalue weighted by molar-refractivity contribution is 0.410. The van der Waals surface area contributed by atoms with Gasteiger partial charge in [0.25, 0.3) is 0 Å². The fraction of sp³-hybridized carbons (Fsp3) is 0.429. The Kier molecular flexibility index (Phi) is 5.65. The summed E-state index contributed by atoms with van der Waals surface area (Å²) in [6.45, 7) is 2.90. The van der Waals surface area contributed by atoms with Gasteiger partial charge in [-0.15, -0.1) is 0 Å². The van der Waals surface area contributed by atoms with E-state index in [9.17, 15) is 0 Å². The molecule has 0 bridgehead atoms. The molecule has 0 fully saturated rings. The highest BCUT2D eigenvalue weighted by Crippen LogP contribution is 2.21. The molecule has 0 aliphatic heterocycles. The van der Waals surface area contributed by atoms with E-state index in [4.69, 9.17) is 10.5 Å². The van der Waals surface area contributed by atoms with Gasteiger partial charge >= 0.3 is 0 Å². The molecule has 0 saturated heterocycles. The second kappa shape index (κ2) is 7.07. The number of nitrogens with two attached hydrogens (primary N) is 1. The van der Waals surface area contributed by atoms with Crippen LogP contribution in [-0.2, 0) is 6.42 Å². The normalized spacial score (nSPS) is 10.9. The molecule has 0 amide bonds. The largest absolute Gasteiger partial charge is 0.496 e. The van der Waals surface area contributed by atoms with E-state index < -0.39 is 0 Å². The summed E-state index contributed by atoms with van der Waals surface area (Å²) >= 11 is 0. The van der Waals surface area contributed by atoms with E-state index in [0.29, 0.717) is 0 Å². The molecule has 0 aliphatic carbocycles. The van der Waals surface area contributed by atoms with Crippen LogP contribution in [0.15, 0.2) is 24.3 Å². The smallest absolute Gasteiger partial charge is 0.122 e. The highest BCUT2D eigenvalue weighted by Gasteiger charge is 2.00. The van der Waals surface area contributed by atoms with Gasteiger partial charge in [-0.1, -0.05) is 25.1 Å². The molecule has 0 heterocycles. The first-order chi connectivity index (χ1) is 7.81. The van der Waals surface area contributed by atoms with Crippen LogP contribution in [0.4, 0.5) is 0 Å². The lowest BCUT2D eigenvalue weighted by Crippen LogP contribution is -1.96. The number of benzene rings is 1. The van der Waals surface area contributed by atoms with Crippen LogP contribution in [0.1, 0.15) is 30.9 Å². The second-order valence-corrected chi connectivity index (χ2v) is 3.76. The molecule has 2 heteroatoms. The van der Waals surface area contributed by atoms with Gasteiger partial charge < -0.3 is 10.5 Å². The van der Waals surface area contributed by atoms with Crippen LogP contribution in [0.3, 0.4) is 0 Å². The zero-order valence-electron chi connectivity index (χ0n) is 10.2. The first kappa shape index (κ1) is 12.8. The van der Waals surface area contributed by atoms with E-state index >= 15 is 0 Å². The summed E-state index contributed by atoms with van der Waals surface area (Å²) in [5.41, 5.74) is 7.93. The molecule has 0 aliphatic rings. The molecule has 88 valence electrons. The highest BCUT2D eigenvalue weighted by molar-refractivity contribution is 5.53. The Morgan fingerprint density at radius 2 is 2.19 bits per heavy atom. The quantitative estimate of drug-likeness (QED) is 0.746. The van der Waals surface area contributed by atoms with Gasteiger partial charge in [0.1, 0.15) is 5.75 Å². The topological polar surface area (TPSA) is 35.2 Å². The average Bonchev–Trinajstić information content (AvgIpc) is 2.34. The van der Waals surface area contributed by atoms with Crippen LogP contribution < -0.4 is 10.5 Å². The maximum absolute atomic E-state index is 5.44. The number of allylic oxidation sites excluding steroid dienone is 1. The van der Waals surface area contributed by atoms with E-state index in [-0.39, 0.29) is 0 Å². The summed E-state index contributed by atoms with van der Waals surface area (Å²) < 4.78 is 5.29. The predicted molar refractivity (Wildman–Crippen MR) is 69.7 cm³/mol. The third-order valence-corrected chi connectivity index (χ3v) is 2.57. The Morgan fingerprint density at radius 3 is 2.81 bits per heavy atom. The van der Waals surface area contributed by atoms with Crippen LogP contribution in [0, 0.1) is 0 Å². The van der Waals surface area contributed by atoms with Gasteiger partial charge in [0.2, 0.25) is 0 Å². The van der Waals surface area contributed by atoms with E-state index in [1.165, 1.54) is 11.1 Å². The van der Waals surface area contributed by atoms with Gasteiger partial charge in [-0.3, -0.25) is 0 Å². The molecule has 2 N–H and O–H groups in total. The second-order valence-electron chi connectivity index (χ2n) is 3.76. The van der Waals surface area contributed by atoms with Crippen molar-refractivity contribution in [3.8, 4) is 5.75 Å². The molecule has 1 rings (SSSR count). The summed E-state index contributed by atoms with van der Waals surface area (Å²) in [7, 11) is 1.71. The minimum Gasteiger partial charge on any atom is -0.496 e. The summed E-state index contributed by atoms with van der Waals surface area (Å²) in [4.78, 5) is 0. The Morgan fingerprint density at radius 1 is 1.38 bits per heavy atom. The van der Waals surface area contributed by atoms with Gasteiger partial charge in [0, 0.05) is 0 Å². The first-order valence-electron chi connectivity index (χ1n) is 5.85. The van der Waals surface area contributed by atoms with Crippen molar-refractivity contribution in [3.05, 3.63) is 35.4 Å². The number of unbranched alkanes of at least 4 members (excludes halogenated alkanes) is 1. The van der Waals surface area contributed by atoms with Crippen LogP contribution >= 0.6 is 0 Å². The van der Waals surface area contributed by atoms with E-state index in [1.54, 1.807) is 7.11 Å². The van der Waals surface area contributed by atoms with Crippen molar-refractivity contribution in [3.63, 3.8) is 0 Å². The number of rotatable bonds is 6. The zero-order valence-corrected chi connectivity index (χ0v) is 10.2. The monoisotopic (exact) mass is 219 g/mol. The fourth-order valence-corrected chi connectivity index (χ4v) is 1.63. The molecular weight excluding hydrogens is 198 g/mol. The Labute approximate surface area is 98.1 Å². The zero-order chi connectivity index (χ0) is 11.8. The van der Waals surface area contributed by atoms with Gasteiger partial charge in [-0.05, 0) is 49.1 Å². The third-order valence-electron chi connectivity index (χ3n) is 2.57. The average molecular weight is 219 g/mol. The van der Waals surface area contributed by atoms with E-state index in [0.717, 1.165) is 31.6 Å². The lowest BCUT2D eigenvalue weighted by atomic mass is 10.1. The van der Waals surface area contributed by atoms with Gasteiger partial charge in [-0.25, -0.2) is 0 Å². The summed E-state index contributed by atoms with van der Waals surface area (Å²) in [5, 5.41) is 0. The maximum atomic E-state index is 5.44. The van der Waals surface area contributed by atoms with Crippen molar-refractivity contribution in [2.24, 2.45) is 5.73 Å². The molecular formula is C14H21NO. The van der Waals surface area contributed by atoms with Crippen LogP contribution in [-0.4, -0.2) is 13.7 Å². The minimum atomic E-state index is 0.757. The molecule has 0 saturated carbocycles. The molecule has 0 unspecified atom stereocenters. The Balaban J connectivity index is 2.71. The predicted octanol–water partition coefficient (Wildman–Crippen LogP) is 3.01. The van der Waals surface area contributed by atoms with Crippen molar-refractivity contribution >= 4 is 6.08 Å². The Hall–Kier alpha value is -1.28. The van der Waals surface area contributed by atoms with Gasteiger partial charge in [0.15, 0.2) is 0 Å². The van der Waals surface area contributed by atoms with Gasteiger partial charge in [-0.2, -0.15) is 0 Å². The molecule has 0 aromatic heterocycles. The minimum absolute atomic E-state index is 0.757. The number of hydrogen-bond acceptors (Lipinski definition) is 2.